The smallest absolute Gasteiger partial charge is 0.269 e. The first-order chi connectivity index (χ1) is 17.2. The molecule has 5 rings (SSSR count). The molecule has 1 aromatic carbocycles. The van der Waals surface area contributed by atoms with Gasteiger partial charge in [0.2, 0.25) is 5.95 Å². The van der Waals surface area contributed by atoms with E-state index >= 15 is 0 Å². The highest BCUT2D eigenvalue weighted by Gasteiger charge is 2.26. The third kappa shape index (κ3) is 4.63. The molecule has 1 fully saturated rings. The van der Waals surface area contributed by atoms with Crippen molar-refractivity contribution < 1.29 is 4.79 Å². The highest BCUT2D eigenvalue weighted by atomic mass is 16.2. The van der Waals surface area contributed by atoms with Crippen LogP contribution in [0.25, 0.3) is 11.1 Å². The molecule has 190 valence electrons. The number of carbonyl (C=O) groups excluding carboxylic acids is 1. The van der Waals surface area contributed by atoms with Crippen LogP contribution in [0.2, 0.25) is 0 Å². The monoisotopic (exact) mass is 488 g/mol. The van der Waals surface area contributed by atoms with Gasteiger partial charge in [-0.05, 0) is 49.2 Å². The average molecular weight is 489 g/mol. The number of amides is 1. The van der Waals surface area contributed by atoms with E-state index in [1.165, 1.54) is 11.1 Å². The van der Waals surface area contributed by atoms with Crippen LogP contribution in [0.4, 0.5) is 17.6 Å². The van der Waals surface area contributed by atoms with E-state index in [0.29, 0.717) is 17.7 Å². The van der Waals surface area contributed by atoms with Gasteiger partial charge >= 0.3 is 0 Å². The molecule has 2 aliphatic rings. The maximum atomic E-state index is 12.5. The van der Waals surface area contributed by atoms with Crippen LogP contribution in [0.15, 0.2) is 36.5 Å². The number of aromatic nitrogens is 3. The molecule has 4 heterocycles. The summed E-state index contributed by atoms with van der Waals surface area (Å²) >= 11 is 0. The van der Waals surface area contributed by atoms with Gasteiger partial charge in [-0.1, -0.05) is 12.1 Å². The first kappa shape index (κ1) is 24.1. The number of fused-ring (bicyclic) bond motifs is 1. The van der Waals surface area contributed by atoms with Gasteiger partial charge in [0.1, 0.15) is 17.3 Å². The van der Waals surface area contributed by atoms with Crippen molar-refractivity contribution in [1.82, 2.24) is 24.3 Å². The molecule has 1 atom stereocenters. The van der Waals surface area contributed by atoms with Crippen molar-refractivity contribution in [3.05, 3.63) is 53.3 Å². The van der Waals surface area contributed by atoms with E-state index in [2.05, 4.69) is 62.9 Å². The molecule has 0 radical (unpaired) electrons. The Hall–Kier alpha value is -3.59. The zero-order valence-electron chi connectivity index (χ0n) is 21.9. The Morgan fingerprint density at radius 2 is 1.69 bits per heavy atom. The van der Waals surface area contributed by atoms with Crippen LogP contribution < -0.4 is 15.5 Å². The summed E-state index contributed by atoms with van der Waals surface area (Å²) < 4.78 is 1.90. The lowest BCUT2D eigenvalue weighted by molar-refractivity contribution is 0.0818. The molecule has 1 amide bonds. The van der Waals surface area contributed by atoms with Gasteiger partial charge in [-0.25, -0.2) is 0 Å². The fourth-order valence-corrected chi connectivity index (χ4v) is 5.17. The van der Waals surface area contributed by atoms with Crippen molar-refractivity contribution in [2.24, 2.45) is 7.05 Å². The molecule has 2 aromatic heterocycles. The van der Waals surface area contributed by atoms with Crippen LogP contribution in [0.3, 0.4) is 0 Å². The first-order valence-electron chi connectivity index (χ1n) is 12.5. The SMILES string of the molecule is CC1Cc2ccc(-c3cc(C(=O)N(C)C)n(C)c3)cc2CN1c1cc(N2CCN(C)CC2)nc(N)n1. The zero-order chi connectivity index (χ0) is 25.6. The fraction of sp³-hybridized carbons (Fsp3) is 0.444. The van der Waals surface area contributed by atoms with Crippen molar-refractivity contribution >= 4 is 23.5 Å². The number of rotatable bonds is 4. The number of aryl methyl sites for hydroxylation is 1. The highest BCUT2D eigenvalue weighted by Crippen LogP contribution is 2.33. The maximum Gasteiger partial charge on any atom is 0.269 e. The maximum absolute atomic E-state index is 12.5. The van der Waals surface area contributed by atoms with Crippen molar-refractivity contribution in [1.29, 1.82) is 0 Å². The summed E-state index contributed by atoms with van der Waals surface area (Å²) in [6.45, 7) is 6.88. The van der Waals surface area contributed by atoms with Crippen molar-refractivity contribution in [2.45, 2.75) is 25.9 Å². The number of benzene rings is 1. The predicted molar refractivity (Wildman–Crippen MR) is 144 cm³/mol. The molecule has 0 aliphatic carbocycles. The second-order valence-electron chi connectivity index (χ2n) is 10.3. The van der Waals surface area contributed by atoms with E-state index in [4.69, 9.17) is 5.73 Å². The normalized spacial score (nSPS) is 18.3. The van der Waals surface area contributed by atoms with Crippen LogP contribution in [-0.2, 0) is 20.0 Å². The number of hydrogen-bond acceptors (Lipinski definition) is 7. The summed E-state index contributed by atoms with van der Waals surface area (Å²) in [5.74, 6) is 2.09. The molecular formula is C27H36N8O. The van der Waals surface area contributed by atoms with Crippen LogP contribution >= 0.6 is 0 Å². The van der Waals surface area contributed by atoms with E-state index in [0.717, 1.165) is 61.9 Å². The molecule has 2 N–H and O–H groups in total. The van der Waals surface area contributed by atoms with Gasteiger partial charge in [-0.15, -0.1) is 0 Å². The zero-order valence-corrected chi connectivity index (χ0v) is 21.9. The van der Waals surface area contributed by atoms with Crippen LogP contribution in [-0.4, -0.2) is 83.6 Å². The summed E-state index contributed by atoms with van der Waals surface area (Å²) in [7, 11) is 7.62. The van der Waals surface area contributed by atoms with Gasteiger partial charge in [-0.2, -0.15) is 9.97 Å². The van der Waals surface area contributed by atoms with E-state index in [1.54, 1.807) is 19.0 Å². The Bertz CT molecular complexity index is 1270. The minimum atomic E-state index is -0.000727. The summed E-state index contributed by atoms with van der Waals surface area (Å²) in [6.07, 6.45) is 2.96. The molecule has 1 unspecified atom stereocenters. The van der Waals surface area contributed by atoms with Gasteiger partial charge in [0.15, 0.2) is 0 Å². The quantitative estimate of drug-likeness (QED) is 0.604. The number of hydrogen-bond donors (Lipinski definition) is 1. The van der Waals surface area contributed by atoms with Gasteiger partial charge < -0.3 is 29.9 Å². The van der Waals surface area contributed by atoms with Crippen molar-refractivity contribution in [3.8, 4) is 11.1 Å². The van der Waals surface area contributed by atoms with E-state index < -0.39 is 0 Å². The van der Waals surface area contributed by atoms with Gasteiger partial charge in [0.05, 0.1) is 0 Å². The molecule has 0 saturated carbocycles. The summed E-state index contributed by atoms with van der Waals surface area (Å²) in [5, 5.41) is 0. The van der Waals surface area contributed by atoms with E-state index in [9.17, 15) is 4.79 Å². The molecule has 2 aliphatic heterocycles. The third-order valence-corrected chi connectivity index (χ3v) is 7.40. The average Bonchev–Trinajstić information content (AvgIpc) is 3.24. The van der Waals surface area contributed by atoms with E-state index in [-0.39, 0.29) is 5.91 Å². The van der Waals surface area contributed by atoms with Crippen LogP contribution in [0, 0.1) is 0 Å². The van der Waals surface area contributed by atoms with Gasteiger partial charge in [0, 0.05) is 77.7 Å². The Kier molecular flexibility index (Phi) is 6.34. The van der Waals surface area contributed by atoms with Crippen LogP contribution in [0.1, 0.15) is 28.5 Å². The second kappa shape index (κ2) is 9.46. The van der Waals surface area contributed by atoms with Crippen molar-refractivity contribution in [2.75, 3.05) is 62.9 Å². The number of piperazine rings is 1. The summed E-state index contributed by atoms with van der Waals surface area (Å²) in [6, 6.07) is 11.0. The molecule has 3 aromatic rings. The topological polar surface area (TPSA) is 86.8 Å². The first-order valence-corrected chi connectivity index (χ1v) is 12.5. The van der Waals surface area contributed by atoms with Crippen molar-refractivity contribution in [3.63, 3.8) is 0 Å². The molecule has 1 saturated heterocycles. The Labute approximate surface area is 213 Å². The summed E-state index contributed by atoms with van der Waals surface area (Å²) in [4.78, 5) is 30.3. The Morgan fingerprint density at radius 3 is 2.42 bits per heavy atom. The number of nitrogens with two attached hydrogens (primary N) is 1. The lowest BCUT2D eigenvalue weighted by atomic mass is 9.92. The molecule has 36 heavy (non-hydrogen) atoms. The third-order valence-electron chi connectivity index (χ3n) is 7.40. The Balaban J connectivity index is 1.43. The van der Waals surface area contributed by atoms with Gasteiger partial charge in [-0.3, -0.25) is 4.79 Å². The standard InChI is InChI=1S/C27H36N8O/c1-18-12-19-6-7-20(22-14-23(33(5)16-22)26(36)31(2)3)13-21(19)17-35(18)25-15-24(29-27(28)30-25)34-10-8-32(4)9-11-34/h6-7,13-16,18H,8-12,17H2,1-5H3,(H2,28,29,30). The van der Waals surface area contributed by atoms with E-state index in [1.807, 2.05) is 23.9 Å². The highest BCUT2D eigenvalue weighted by molar-refractivity contribution is 5.94. The molecule has 9 heteroatoms. The minimum Gasteiger partial charge on any atom is -0.368 e. The number of anilines is 3. The lowest BCUT2D eigenvalue weighted by Gasteiger charge is -2.37. The fourth-order valence-electron chi connectivity index (χ4n) is 5.17. The predicted octanol–water partition coefficient (Wildman–Crippen LogP) is 2.47. The molecule has 0 spiro atoms. The minimum absolute atomic E-state index is 0.000727. The van der Waals surface area contributed by atoms with Crippen LogP contribution in [0.5, 0.6) is 0 Å². The number of nitrogen functional groups attached to an aromatic ring is 1. The Morgan fingerprint density at radius 1 is 0.972 bits per heavy atom. The molecular weight excluding hydrogens is 452 g/mol. The molecule has 9 nitrogen and oxygen atoms in total. The summed E-state index contributed by atoms with van der Waals surface area (Å²) in [5.41, 5.74) is 11.6. The van der Waals surface area contributed by atoms with Gasteiger partial charge in [0.25, 0.3) is 5.91 Å². The number of carbonyl (C=O) groups is 1. The second-order valence-corrected chi connectivity index (χ2v) is 10.3. The largest absolute Gasteiger partial charge is 0.368 e. The lowest BCUT2D eigenvalue weighted by Crippen LogP contribution is -2.45. The number of likely N-dealkylation sites (N-methyl/N-ethyl adjacent to an activating group) is 1. The molecule has 0 bridgehead atoms. The number of nitrogens with zero attached hydrogens (tertiary/aromatic N) is 7.